The van der Waals surface area contributed by atoms with Gasteiger partial charge in [-0.3, -0.25) is 9.69 Å². The van der Waals surface area contributed by atoms with Gasteiger partial charge in [0, 0.05) is 12.3 Å². The number of thiazole rings is 1. The van der Waals surface area contributed by atoms with Crippen molar-refractivity contribution in [1.82, 2.24) is 4.98 Å². The molecular formula is C25H28N2O4S. The van der Waals surface area contributed by atoms with Crippen LogP contribution in [-0.2, 0) is 16.1 Å². The standard InChI is InChI=1S/C25H28N2O4S/c1-14-15(2)17(4)23(18(5)16(14)3)24(29)31-12-20-13-32-25(26-20)27(19(6)28)21-10-8-9-11-22(21)30-7/h8-11,13H,12H2,1-7H3. The van der Waals surface area contributed by atoms with Crippen LogP contribution in [0.25, 0.3) is 0 Å². The maximum atomic E-state index is 12.9. The fraction of sp³-hybridized carbons (Fsp3) is 0.320. The fourth-order valence-corrected chi connectivity index (χ4v) is 4.57. The summed E-state index contributed by atoms with van der Waals surface area (Å²) < 4.78 is 11.0. The maximum absolute atomic E-state index is 12.9. The highest BCUT2D eigenvalue weighted by molar-refractivity contribution is 7.14. The average Bonchev–Trinajstić information content (AvgIpc) is 3.23. The molecule has 0 spiro atoms. The zero-order valence-corrected chi connectivity index (χ0v) is 20.3. The molecule has 168 valence electrons. The fourth-order valence-electron chi connectivity index (χ4n) is 3.70. The second-order valence-corrected chi connectivity index (χ2v) is 8.56. The molecule has 0 radical (unpaired) electrons. The van der Waals surface area contributed by atoms with E-state index in [0.29, 0.717) is 27.8 Å². The Labute approximate surface area is 192 Å². The van der Waals surface area contributed by atoms with E-state index in [0.717, 1.165) is 22.3 Å². The predicted octanol–water partition coefficient (Wildman–Crippen LogP) is 5.74. The van der Waals surface area contributed by atoms with Crippen molar-refractivity contribution in [1.29, 1.82) is 0 Å². The van der Waals surface area contributed by atoms with Crippen LogP contribution in [0.5, 0.6) is 5.75 Å². The van der Waals surface area contributed by atoms with Crippen LogP contribution in [0.15, 0.2) is 29.6 Å². The normalized spacial score (nSPS) is 10.7. The third-order valence-electron chi connectivity index (χ3n) is 5.93. The number of methoxy groups -OCH3 is 1. The summed E-state index contributed by atoms with van der Waals surface area (Å²) >= 11 is 1.31. The Balaban J connectivity index is 1.83. The van der Waals surface area contributed by atoms with Crippen LogP contribution in [0.1, 0.15) is 50.8 Å². The van der Waals surface area contributed by atoms with Gasteiger partial charge in [0.1, 0.15) is 12.4 Å². The molecule has 1 aromatic heterocycles. The van der Waals surface area contributed by atoms with Crippen molar-refractivity contribution < 1.29 is 19.1 Å². The third kappa shape index (κ3) is 4.39. The summed E-state index contributed by atoms with van der Waals surface area (Å²) in [7, 11) is 1.56. The topological polar surface area (TPSA) is 68.7 Å². The first kappa shape index (κ1) is 23.5. The number of aromatic nitrogens is 1. The Morgan fingerprint density at radius 2 is 1.56 bits per heavy atom. The van der Waals surface area contributed by atoms with Crippen LogP contribution in [0, 0.1) is 34.6 Å². The number of carbonyl (C=O) groups excluding carboxylic acids is 2. The van der Waals surface area contributed by atoms with Crippen molar-refractivity contribution >= 4 is 34.0 Å². The lowest BCUT2D eigenvalue weighted by Crippen LogP contribution is -2.23. The van der Waals surface area contributed by atoms with Gasteiger partial charge in [0.15, 0.2) is 5.13 Å². The molecule has 0 saturated carbocycles. The first-order valence-corrected chi connectivity index (χ1v) is 11.2. The van der Waals surface area contributed by atoms with Crippen LogP contribution in [-0.4, -0.2) is 24.0 Å². The lowest BCUT2D eigenvalue weighted by Gasteiger charge is -2.20. The van der Waals surface area contributed by atoms with Crippen molar-refractivity contribution in [3.8, 4) is 5.75 Å². The van der Waals surface area contributed by atoms with E-state index in [1.807, 2.05) is 39.8 Å². The number of hydrogen-bond acceptors (Lipinski definition) is 6. The Hall–Kier alpha value is -3.19. The molecule has 0 fully saturated rings. The van der Waals surface area contributed by atoms with Crippen molar-refractivity contribution in [3.05, 3.63) is 68.7 Å². The number of carbonyl (C=O) groups is 2. The zero-order chi connectivity index (χ0) is 23.6. The van der Waals surface area contributed by atoms with Gasteiger partial charge in [0.25, 0.3) is 0 Å². The van der Waals surface area contributed by atoms with Crippen LogP contribution < -0.4 is 9.64 Å². The number of para-hydroxylation sites is 2. The number of rotatable bonds is 6. The molecule has 2 aromatic carbocycles. The van der Waals surface area contributed by atoms with Crippen LogP contribution >= 0.6 is 11.3 Å². The molecule has 0 aliphatic carbocycles. The first-order valence-electron chi connectivity index (χ1n) is 10.3. The van der Waals surface area contributed by atoms with Gasteiger partial charge >= 0.3 is 5.97 Å². The van der Waals surface area contributed by atoms with E-state index in [1.165, 1.54) is 28.7 Å². The minimum Gasteiger partial charge on any atom is -0.495 e. The van der Waals surface area contributed by atoms with E-state index in [-0.39, 0.29) is 18.5 Å². The zero-order valence-electron chi connectivity index (χ0n) is 19.5. The van der Waals surface area contributed by atoms with Crippen LogP contribution in [0.4, 0.5) is 10.8 Å². The molecule has 0 saturated heterocycles. The second-order valence-electron chi connectivity index (χ2n) is 7.72. The van der Waals surface area contributed by atoms with Crippen molar-refractivity contribution in [3.63, 3.8) is 0 Å². The number of ether oxygens (including phenoxy) is 2. The van der Waals surface area contributed by atoms with Gasteiger partial charge in [0.05, 0.1) is 24.1 Å². The van der Waals surface area contributed by atoms with Gasteiger partial charge in [-0.15, -0.1) is 11.3 Å². The van der Waals surface area contributed by atoms with Crippen LogP contribution in [0.3, 0.4) is 0 Å². The molecule has 3 rings (SSSR count). The smallest absolute Gasteiger partial charge is 0.339 e. The average molecular weight is 453 g/mol. The lowest BCUT2D eigenvalue weighted by atomic mass is 9.90. The Kier molecular flexibility index (Phi) is 6.99. The summed E-state index contributed by atoms with van der Waals surface area (Å²) in [6.45, 7) is 11.5. The highest BCUT2D eigenvalue weighted by Crippen LogP contribution is 2.35. The number of nitrogens with zero attached hydrogens (tertiary/aromatic N) is 2. The summed E-state index contributed by atoms with van der Waals surface area (Å²) in [5.41, 5.74) is 7.08. The number of esters is 1. The van der Waals surface area contributed by atoms with Gasteiger partial charge < -0.3 is 9.47 Å². The predicted molar refractivity (Wildman–Crippen MR) is 127 cm³/mol. The molecule has 7 heteroatoms. The summed E-state index contributed by atoms with van der Waals surface area (Å²) in [4.78, 5) is 31.3. The van der Waals surface area contributed by atoms with Gasteiger partial charge in [-0.1, -0.05) is 12.1 Å². The van der Waals surface area contributed by atoms with Gasteiger partial charge in [-0.05, 0) is 74.6 Å². The molecule has 0 bridgehead atoms. The van der Waals surface area contributed by atoms with Crippen LogP contribution in [0.2, 0.25) is 0 Å². The first-order chi connectivity index (χ1) is 15.2. The van der Waals surface area contributed by atoms with E-state index >= 15 is 0 Å². The molecule has 0 N–H and O–H groups in total. The molecule has 1 heterocycles. The number of hydrogen-bond donors (Lipinski definition) is 0. The molecule has 32 heavy (non-hydrogen) atoms. The Bertz CT molecular complexity index is 1150. The summed E-state index contributed by atoms with van der Waals surface area (Å²) in [5, 5.41) is 2.28. The number of anilines is 2. The monoisotopic (exact) mass is 452 g/mol. The minimum absolute atomic E-state index is 0.0256. The molecule has 0 aliphatic rings. The largest absolute Gasteiger partial charge is 0.495 e. The summed E-state index contributed by atoms with van der Waals surface area (Å²) in [6, 6.07) is 7.26. The molecule has 0 aliphatic heterocycles. The highest BCUT2D eigenvalue weighted by atomic mass is 32.1. The molecular weight excluding hydrogens is 424 g/mol. The molecule has 0 unspecified atom stereocenters. The third-order valence-corrected chi connectivity index (χ3v) is 6.80. The molecule has 6 nitrogen and oxygen atoms in total. The number of amides is 1. The molecule has 3 aromatic rings. The van der Waals surface area contributed by atoms with E-state index < -0.39 is 0 Å². The number of benzene rings is 2. The van der Waals surface area contributed by atoms with E-state index in [9.17, 15) is 9.59 Å². The van der Waals surface area contributed by atoms with Crippen molar-refractivity contribution in [2.75, 3.05) is 12.0 Å². The van der Waals surface area contributed by atoms with E-state index in [1.54, 1.807) is 24.6 Å². The quantitative estimate of drug-likeness (QED) is 0.447. The molecule has 1 amide bonds. The Morgan fingerprint density at radius 1 is 0.969 bits per heavy atom. The summed E-state index contributed by atoms with van der Waals surface area (Å²) in [6.07, 6.45) is 0. The second kappa shape index (κ2) is 9.53. The van der Waals surface area contributed by atoms with Gasteiger partial charge in [-0.25, -0.2) is 9.78 Å². The van der Waals surface area contributed by atoms with E-state index in [2.05, 4.69) is 11.9 Å². The maximum Gasteiger partial charge on any atom is 0.339 e. The van der Waals surface area contributed by atoms with Gasteiger partial charge in [0.2, 0.25) is 5.91 Å². The SMILES string of the molecule is COc1ccccc1N(C(C)=O)c1nc(COC(=O)c2c(C)c(C)c(C)c(C)c2C)cs1. The lowest BCUT2D eigenvalue weighted by molar-refractivity contribution is -0.115. The van der Waals surface area contributed by atoms with Crippen molar-refractivity contribution in [2.45, 2.75) is 48.1 Å². The van der Waals surface area contributed by atoms with E-state index in [4.69, 9.17) is 9.47 Å². The van der Waals surface area contributed by atoms with Gasteiger partial charge in [-0.2, -0.15) is 0 Å². The minimum atomic E-state index is -0.367. The highest BCUT2D eigenvalue weighted by Gasteiger charge is 2.23. The summed E-state index contributed by atoms with van der Waals surface area (Å²) in [5.74, 6) is 0.0140. The Morgan fingerprint density at radius 3 is 2.16 bits per heavy atom. The molecule has 0 atom stereocenters. The van der Waals surface area contributed by atoms with Crippen molar-refractivity contribution in [2.24, 2.45) is 0 Å².